The quantitative estimate of drug-likeness (QED) is 0.437. The lowest BCUT2D eigenvalue weighted by molar-refractivity contribution is -0.199. The molecule has 0 aliphatic heterocycles. The highest BCUT2D eigenvalue weighted by Crippen LogP contribution is 2.26. The average molecular weight is 530 g/mol. The van der Waals surface area contributed by atoms with Crippen molar-refractivity contribution in [3.8, 4) is 0 Å². The molecule has 0 radical (unpaired) electrons. The number of nitrogens with one attached hydrogen (secondary N) is 2. The highest BCUT2D eigenvalue weighted by molar-refractivity contribution is 5.93. The number of amides is 2. The number of halogens is 5. The molecule has 0 unspecified atom stereocenters. The summed E-state index contributed by atoms with van der Waals surface area (Å²) in [6.45, 7) is 3.80. The van der Waals surface area contributed by atoms with Gasteiger partial charge in [0.05, 0.1) is 5.69 Å². The monoisotopic (exact) mass is 530 g/mol. The van der Waals surface area contributed by atoms with Crippen LogP contribution in [0.3, 0.4) is 0 Å². The molecule has 14 heteroatoms. The van der Waals surface area contributed by atoms with E-state index in [1.54, 1.807) is 0 Å². The summed E-state index contributed by atoms with van der Waals surface area (Å²) in [4.78, 5) is 39.1. The van der Waals surface area contributed by atoms with Crippen LogP contribution in [0.5, 0.6) is 0 Å². The third-order valence-corrected chi connectivity index (χ3v) is 5.85. The van der Waals surface area contributed by atoms with E-state index in [-0.39, 0.29) is 11.1 Å². The fourth-order valence-electron chi connectivity index (χ4n) is 3.91. The Labute approximate surface area is 210 Å². The molecule has 2 aromatic rings. The highest BCUT2D eigenvalue weighted by atomic mass is 19.4. The molecule has 0 bridgehead atoms. The van der Waals surface area contributed by atoms with Crippen LogP contribution in [0.4, 0.5) is 44.2 Å². The maximum Gasteiger partial charge on any atom is 0.493 e. The molecular formula is C23H27F5N6O3. The Balaban J connectivity index is 1.66. The molecule has 202 valence electrons. The summed E-state index contributed by atoms with van der Waals surface area (Å²) >= 11 is 0. The third-order valence-electron chi connectivity index (χ3n) is 5.85. The first-order valence-corrected chi connectivity index (χ1v) is 11.4. The summed E-state index contributed by atoms with van der Waals surface area (Å²) < 4.78 is 65.5. The van der Waals surface area contributed by atoms with Gasteiger partial charge in [0.2, 0.25) is 5.95 Å². The fourth-order valence-corrected chi connectivity index (χ4v) is 3.91. The van der Waals surface area contributed by atoms with Gasteiger partial charge in [0.25, 0.3) is 0 Å². The number of hydroxylamine groups is 1. The van der Waals surface area contributed by atoms with Crippen molar-refractivity contribution in [2.24, 2.45) is 0 Å². The number of aromatic nitrogens is 2. The molecule has 1 saturated carbocycles. The summed E-state index contributed by atoms with van der Waals surface area (Å²) in [5.41, 5.74) is 1.06. The molecule has 1 fully saturated rings. The molecule has 9 nitrogen and oxygen atoms in total. The average Bonchev–Trinajstić information content (AvgIpc) is 2.79. The molecule has 0 saturated heterocycles. The topological polar surface area (TPSA) is 99.7 Å². The lowest BCUT2D eigenvalue weighted by Crippen LogP contribution is -2.49. The van der Waals surface area contributed by atoms with Crippen molar-refractivity contribution in [2.75, 3.05) is 29.4 Å². The Morgan fingerprint density at radius 3 is 2.08 bits per heavy atom. The van der Waals surface area contributed by atoms with Crippen LogP contribution in [0.15, 0.2) is 18.2 Å². The number of carbonyl (C=O) groups excluding carboxylic acids is 2. The van der Waals surface area contributed by atoms with Crippen LogP contribution in [-0.2, 0) is 9.63 Å². The highest BCUT2D eigenvalue weighted by Gasteiger charge is 2.44. The Bertz CT molecular complexity index is 1130. The molecule has 2 N–H and O–H groups in total. The minimum atomic E-state index is -5.43. The van der Waals surface area contributed by atoms with Crippen LogP contribution in [0.25, 0.3) is 0 Å². The van der Waals surface area contributed by atoms with Gasteiger partial charge < -0.3 is 20.4 Å². The first kappa shape index (κ1) is 27.9. The molecule has 0 atom stereocenters. The molecule has 0 spiro atoms. The number of carbonyl (C=O) groups is 2. The van der Waals surface area contributed by atoms with Gasteiger partial charge in [-0.05, 0) is 39.5 Å². The maximum absolute atomic E-state index is 13.6. The Hall–Kier alpha value is -3.71. The molecule has 2 amide bonds. The van der Waals surface area contributed by atoms with Crippen LogP contribution in [0.2, 0.25) is 0 Å². The number of rotatable bonds is 5. The number of benzene rings is 1. The number of alkyl halides is 3. The van der Waals surface area contributed by atoms with Crippen LogP contribution < -0.4 is 20.6 Å². The zero-order chi connectivity index (χ0) is 27.5. The van der Waals surface area contributed by atoms with E-state index in [9.17, 15) is 31.5 Å². The van der Waals surface area contributed by atoms with Crippen LogP contribution in [-0.4, -0.2) is 54.3 Å². The van der Waals surface area contributed by atoms with Gasteiger partial charge in [0.15, 0.2) is 0 Å². The molecule has 1 aliphatic carbocycles. The van der Waals surface area contributed by atoms with Crippen LogP contribution in [0, 0.1) is 25.5 Å². The summed E-state index contributed by atoms with van der Waals surface area (Å²) in [6, 6.07) is -0.194. The van der Waals surface area contributed by atoms with Crippen molar-refractivity contribution in [3.05, 3.63) is 41.1 Å². The first-order chi connectivity index (χ1) is 17.2. The summed E-state index contributed by atoms with van der Waals surface area (Å²) in [6.07, 6.45) is -3.46. The van der Waals surface area contributed by atoms with Crippen molar-refractivity contribution < 1.29 is 36.4 Å². The zero-order valence-electron chi connectivity index (χ0n) is 20.6. The lowest BCUT2D eigenvalue weighted by Gasteiger charge is -2.31. The van der Waals surface area contributed by atoms with Crippen molar-refractivity contribution in [1.82, 2.24) is 15.3 Å². The van der Waals surface area contributed by atoms with E-state index < -0.39 is 41.5 Å². The minimum Gasteiger partial charge on any atom is -0.362 e. The maximum atomic E-state index is 13.6. The Kier molecular flexibility index (Phi) is 8.39. The van der Waals surface area contributed by atoms with Crippen molar-refractivity contribution >= 4 is 29.5 Å². The van der Waals surface area contributed by atoms with Gasteiger partial charge in [0, 0.05) is 55.6 Å². The van der Waals surface area contributed by atoms with Crippen molar-refractivity contribution in [3.63, 3.8) is 0 Å². The number of nitrogens with zero attached hydrogens (tertiary/aromatic N) is 4. The molecule has 1 heterocycles. The Morgan fingerprint density at radius 1 is 0.973 bits per heavy atom. The van der Waals surface area contributed by atoms with Crippen molar-refractivity contribution in [1.29, 1.82) is 0 Å². The van der Waals surface area contributed by atoms with Gasteiger partial charge in [-0.3, -0.25) is 0 Å². The van der Waals surface area contributed by atoms with Crippen LogP contribution >= 0.6 is 0 Å². The SMILES string of the molecule is Cc1nc(NC2CCC(NC(=O)N(OC(=O)C(F)(F)F)c3cc(F)cc(F)c3)CC2)nc(N(C)C)c1C. The minimum absolute atomic E-state index is 0.0262. The van der Waals surface area contributed by atoms with E-state index in [2.05, 4.69) is 25.4 Å². The molecule has 3 rings (SSSR count). The fraction of sp³-hybridized carbons (Fsp3) is 0.478. The van der Waals surface area contributed by atoms with E-state index in [0.29, 0.717) is 49.8 Å². The van der Waals surface area contributed by atoms with Gasteiger partial charge in [-0.2, -0.15) is 18.2 Å². The van der Waals surface area contributed by atoms with Gasteiger partial charge in [0.1, 0.15) is 17.5 Å². The van der Waals surface area contributed by atoms with Gasteiger partial charge >= 0.3 is 18.2 Å². The predicted molar refractivity (Wildman–Crippen MR) is 125 cm³/mol. The molecule has 1 aliphatic rings. The molecule has 1 aromatic heterocycles. The summed E-state index contributed by atoms with van der Waals surface area (Å²) in [7, 11) is 3.75. The predicted octanol–water partition coefficient (Wildman–Crippen LogP) is 4.40. The number of urea groups is 1. The first-order valence-electron chi connectivity index (χ1n) is 11.4. The molecular weight excluding hydrogens is 503 g/mol. The second kappa shape index (κ2) is 11.1. The van der Waals surface area contributed by atoms with Gasteiger partial charge in [-0.25, -0.2) is 23.4 Å². The third kappa shape index (κ3) is 7.17. The normalized spacial score (nSPS) is 17.6. The van der Waals surface area contributed by atoms with E-state index in [1.165, 1.54) is 0 Å². The Morgan fingerprint density at radius 2 is 1.54 bits per heavy atom. The number of aryl methyl sites for hydroxylation is 1. The number of hydrogen-bond donors (Lipinski definition) is 2. The largest absolute Gasteiger partial charge is 0.493 e. The van der Waals surface area contributed by atoms with E-state index in [1.807, 2.05) is 32.8 Å². The van der Waals surface area contributed by atoms with Crippen LogP contribution in [0.1, 0.15) is 36.9 Å². The summed E-state index contributed by atoms with van der Waals surface area (Å²) in [5, 5.41) is 5.64. The standard InChI is InChI=1S/C23H27F5N6O3/c1-12-13(2)29-21(32-19(12)33(3)4)30-16-5-7-17(8-6-16)31-22(36)34(37-20(35)23(26,27)28)18-10-14(24)9-15(25)11-18/h9-11,16-17H,5-8H2,1-4H3,(H,31,36)(H,29,30,32). The zero-order valence-corrected chi connectivity index (χ0v) is 20.6. The van der Waals surface area contributed by atoms with E-state index >= 15 is 0 Å². The second-order valence-corrected chi connectivity index (χ2v) is 8.92. The van der Waals surface area contributed by atoms with Gasteiger partial charge in [-0.15, -0.1) is 5.06 Å². The number of hydrogen-bond acceptors (Lipinski definition) is 7. The lowest BCUT2D eigenvalue weighted by atomic mass is 9.91. The summed E-state index contributed by atoms with van der Waals surface area (Å²) in [5.74, 6) is -3.83. The van der Waals surface area contributed by atoms with Gasteiger partial charge in [-0.1, -0.05) is 0 Å². The van der Waals surface area contributed by atoms with E-state index in [0.717, 1.165) is 17.1 Å². The van der Waals surface area contributed by atoms with E-state index in [4.69, 9.17) is 0 Å². The number of anilines is 3. The molecule has 37 heavy (non-hydrogen) atoms. The molecule has 1 aromatic carbocycles. The second-order valence-electron chi connectivity index (χ2n) is 8.92. The van der Waals surface area contributed by atoms with Crippen molar-refractivity contribution in [2.45, 2.75) is 57.8 Å². The smallest absolute Gasteiger partial charge is 0.362 e.